The summed E-state index contributed by atoms with van der Waals surface area (Å²) in [4.78, 5) is 28.8. The Balaban J connectivity index is 1.82. The molecule has 0 aliphatic carbocycles. The topological polar surface area (TPSA) is 58.6 Å². The molecule has 0 unspecified atom stereocenters. The molecule has 0 saturated carbocycles. The zero-order valence-electron chi connectivity index (χ0n) is 21.6. The predicted octanol–water partition coefficient (Wildman–Crippen LogP) is 5.40. The number of methoxy groups -OCH3 is 1. The average Bonchev–Trinajstić information content (AvgIpc) is 2.86. The van der Waals surface area contributed by atoms with Crippen LogP contribution in [0.1, 0.15) is 36.1 Å². The van der Waals surface area contributed by atoms with E-state index in [1.54, 1.807) is 23.8 Å². The van der Waals surface area contributed by atoms with E-state index in [1.165, 1.54) is 0 Å². The zero-order chi connectivity index (χ0) is 25.9. The molecule has 0 aliphatic rings. The van der Waals surface area contributed by atoms with Crippen LogP contribution in [0, 0.1) is 6.92 Å². The summed E-state index contributed by atoms with van der Waals surface area (Å²) in [5, 5.41) is 3.04. The number of carbonyl (C=O) groups is 2. The van der Waals surface area contributed by atoms with E-state index in [2.05, 4.69) is 11.4 Å². The van der Waals surface area contributed by atoms with Gasteiger partial charge in [0.25, 0.3) is 0 Å². The van der Waals surface area contributed by atoms with E-state index < -0.39 is 6.04 Å². The van der Waals surface area contributed by atoms with E-state index in [4.69, 9.17) is 4.74 Å². The molecule has 3 aromatic carbocycles. The monoisotopic (exact) mass is 504 g/mol. The number of hydrogen-bond acceptors (Lipinski definition) is 4. The molecule has 1 N–H and O–H groups in total. The van der Waals surface area contributed by atoms with Crippen molar-refractivity contribution in [1.82, 2.24) is 10.2 Å². The number of nitrogens with one attached hydrogen (secondary N) is 1. The van der Waals surface area contributed by atoms with Crippen LogP contribution in [0.4, 0.5) is 0 Å². The van der Waals surface area contributed by atoms with Gasteiger partial charge in [0.15, 0.2) is 0 Å². The molecule has 0 bridgehead atoms. The lowest BCUT2D eigenvalue weighted by Crippen LogP contribution is -2.52. The van der Waals surface area contributed by atoms with Crippen molar-refractivity contribution >= 4 is 23.6 Å². The van der Waals surface area contributed by atoms with Crippen LogP contribution < -0.4 is 10.1 Å². The Kier molecular flexibility index (Phi) is 10.4. The van der Waals surface area contributed by atoms with Crippen LogP contribution in [-0.2, 0) is 28.3 Å². The van der Waals surface area contributed by atoms with Crippen molar-refractivity contribution < 1.29 is 14.3 Å². The number of rotatable bonds is 12. The van der Waals surface area contributed by atoms with Crippen LogP contribution >= 0.6 is 11.8 Å². The molecule has 0 fully saturated rings. The first-order valence-electron chi connectivity index (χ1n) is 12.3. The summed E-state index contributed by atoms with van der Waals surface area (Å²) in [5.74, 6) is 1.63. The lowest BCUT2D eigenvalue weighted by Gasteiger charge is -2.32. The third-order valence-electron chi connectivity index (χ3n) is 5.79. The van der Waals surface area contributed by atoms with E-state index in [0.717, 1.165) is 28.0 Å². The molecule has 0 aromatic heterocycles. The van der Waals surface area contributed by atoms with Crippen molar-refractivity contribution in [3.05, 3.63) is 101 Å². The highest BCUT2D eigenvalue weighted by atomic mass is 32.2. The zero-order valence-corrected chi connectivity index (χ0v) is 22.4. The Morgan fingerprint density at radius 2 is 1.61 bits per heavy atom. The van der Waals surface area contributed by atoms with E-state index in [1.807, 2.05) is 93.6 Å². The van der Waals surface area contributed by atoms with Crippen LogP contribution in [0.15, 0.2) is 78.9 Å². The first kappa shape index (κ1) is 27.3. The highest BCUT2D eigenvalue weighted by Crippen LogP contribution is 2.20. The number of ether oxygens (including phenoxy) is 1. The normalized spacial score (nSPS) is 11.7. The molecule has 0 spiro atoms. The Hall–Kier alpha value is -3.25. The molecular formula is C30H36N2O3S. The standard InChI is InChI=1S/C30H36N2O3S/c1-22(2)31-30(34)28(18-24-10-6-5-7-11-24)32(19-26-12-8-9-23(3)17-26)29(33)21-36-20-25-13-15-27(35-4)16-14-25/h5-17,22,28H,18-21H2,1-4H3,(H,31,34)/t28-/m0/s1. The molecule has 0 aliphatic heterocycles. The Morgan fingerprint density at radius 3 is 2.25 bits per heavy atom. The molecule has 36 heavy (non-hydrogen) atoms. The summed E-state index contributed by atoms with van der Waals surface area (Å²) in [6.07, 6.45) is 0.458. The number of amides is 2. The van der Waals surface area contributed by atoms with Gasteiger partial charge >= 0.3 is 0 Å². The quantitative estimate of drug-likeness (QED) is 0.359. The van der Waals surface area contributed by atoms with Crippen molar-refractivity contribution in [2.75, 3.05) is 12.9 Å². The lowest BCUT2D eigenvalue weighted by atomic mass is 10.0. The van der Waals surface area contributed by atoms with Gasteiger partial charge in [-0.15, -0.1) is 11.8 Å². The summed E-state index contributed by atoms with van der Waals surface area (Å²) >= 11 is 1.56. The summed E-state index contributed by atoms with van der Waals surface area (Å²) in [5.41, 5.74) is 4.28. The Bertz CT molecular complexity index is 1120. The van der Waals surface area contributed by atoms with E-state index in [9.17, 15) is 9.59 Å². The van der Waals surface area contributed by atoms with Crippen LogP contribution in [0.25, 0.3) is 0 Å². The van der Waals surface area contributed by atoms with E-state index >= 15 is 0 Å². The van der Waals surface area contributed by atoms with Gasteiger partial charge in [0, 0.05) is 24.8 Å². The number of hydrogen-bond donors (Lipinski definition) is 1. The van der Waals surface area contributed by atoms with E-state index in [-0.39, 0.29) is 23.6 Å². The second-order valence-corrected chi connectivity index (χ2v) is 10.2. The number of aryl methyl sites for hydroxylation is 1. The van der Waals surface area contributed by atoms with Gasteiger partial charge < -0.3 is 15.0 Å². The smallest absolute Gasteiger partial charge is 0.243 e. The van der Waals surface area contributed by atoms with Crippen molar-refractivity contribution in [2.24, 2.45) is 0 Å². The summed E-state index contributed by atoms with van der Waals surface area (Å²) in [7, 11) is 1.65. The van der Waals surface area contributed by atoms with Gasteiger partial charge in [-0.3, -0.25) is 9.59 Å². The third kappa shape index (κ3) is 8.45. The van der Waals surface area contributed by atoms with Crippen molar-refractivity contribution in [3.63, 3.8) is 0 Å². The number of nitrogens with zero attached hydrogens (tertiary/aromatic N) is 1. The first-order valence-corrected chi connectivity index (χ1v) is 13.4. The molecule has 2 amide bonds. The summed E-state index contributed by atoms with van der Waals surface area (Å²) in [6, 6.07) is 25.2. The highest BCUT2D eigenvalue weighted by Gasteiger charge is 2.30. The highest BCUT2D eigenvalue weighted by molar-refractivity contribution is 7.99. The van der Waals surface area contributed by atoms with Gasteiger partial charge in [0.2, 0.25) is 11.8 Å². The van der Waals surface area contributed by atoms with Crippen LogP contribution in [0.5, 0.6) is 5.75 Å². The molecule has 0 saturated heterocycles. The number of benzene rings is 3. The average molecular weight is 505 g/mol. The Labute approximate surface area is 219 Å². The second-order valence-electron chi connectivity index (χ2n) is 9.22. The molecule has 190 valence electrons. The fraction of sp³-hybridized carbons (Fsp3) is 0.333. The largest absolute Gasteiger partial charge is 0.497 e. The van der Waals surface area contributed by atoms with Gasteiger partial charge in [0.05, 0.1) is 12.9 Å². The molecule has 3 aromatic rings. The fourth-order valence-corrected chi connectivity index (χ4v) is 4.87. The fourth-order valence-electron chi connectivity index (χ4n) is 4.00. The molecule has 3 rings (SSSR count). The minimum Gasteiger partial charge on any atom is -0.497 e. The van der Waals surface area contributed by atoms with E-state index in [0.29, 0.717) is 18.7 Å². The maximum absolute atomic E-state index is 13.7. The lowest BCUT2D eigenvalue weighted by molar-refractivity contribution is -0.139. The maximum atomic E-state index is 13.7. The third-order valence-corrected chi connectivity index (χ3v) is 6.78. The van der Waals surface area contributed by atoms with Crippen molar-refractivity contribution in [3.8, 4) is 5.75 Å². The van der Waals surface area contributed by atoms with Gasteiger partial charge in [0.1, 0.15) is 11.8 Å². The van der Waals surface area contributed by atoms with Gasteiger partial charge in [-0.1, -0.05) is 72.3 Å². The predicted molar refractivity (Wildman–Crippen MR) is 148 cm³/mol. The second kappa shape index (κ2) is 13.7. The van der Waals surface area contributed by atoms with Crippen LogP contribution in [0.3, 0.4) is 0 Å². The van der Waals surface area contributed by atoms with Crippen LogP contribution in [0.2, 0.25) is 0 Å². The van der Waals surface area contributed by atoms with Gasteiger partial charge in [-0.05, 0) is 49.6 Å². The minimum absolute atomic E-state index is 0.0175. The van der Waals surface area contributed by atoms with Crippen molar-refractivity contribution in [2.45, 2.75) is 51.6 Å². The molecule has 5 nitrogen and oxygen atoms in total. The summed E-state index contributed by atoms with van der Waals surface area (Å²) in [6.45, 7) is 6.30. The molecule has 0 heterocycles. The molecular weight excluding hydrogens is 468 g/mol. The molecule has 0 radical (unpaired) electrons. The molecule has 1 atom stereocenters. The Morgan fingerprint density at radius 1 is 0.917 bits per heavy atom. The summed E-state index contributed by atoms with van der Waals surface area (Å²) < 4.78 is 5.23. The van der Waals surface area contributed by atoms with Gasteiger partial charge in [-0.25, -0.2) is 0 Å². The minimum atomic E-state index is -0.607. The maximum Gasteiger partial charge on any atom is 0.243 e. The number of carbonyl (C=O) groups excluding carboxylic acids is 2. The van der Waals surface area contributed by atoms with Gasteiger partial charge in [-0.2, -0.15) is 0 Å². The first-order chi connectivity index (χ1) is 17.4. The number of thioether (sulfide) groups is 1. The SMILES string of the molecule is COc1ccc(CSCC(=O)N(Cc2cccc(C)c2)[C@@H](Cc2ccccc2)C(=O)NC(C)C)cc1. The molecule has 6 heteroatoms. The van der Waals surface area contributed by atoms with Crippen molar-refractivity contribution in [1.29, 1.82) is 0 Å². The van der Waals surface area contributed by atoms with Crippen LogP contribution in [-0.4, -0.2) is 41.7 Å².